The van der Waals surface area contributed by atoms with Crippen molar-refractivity contribution >= 4 is 11.5 Å². The summed E-state index contributed by atoms with van der Waals surface area (Å²) in [5.41, 5.74) is 6.04. The van der Waals surface area contributed by atoms with Crippen LogP contribution in [-0.4, -0.2) is 21.5 Å². The first-order valence-electron chi connectivity index (χ1n) is 6.09. The second-order valence-corrected chi connectivity index (χ2v) is 5.51. The zero-order chi connectivity index (χ0) is 11.0. The molecule has 2 N–H and O–H groups in total. The lowest BCUT2D eigenvalue weighted by atomic mass is 9.93. The van der Waals surface area contributed by atoms with E-state index in [0.717, 1.165) is 18.7 Å². The van der Waals surface area contributed by atoms with Gasteiger partial charge in [-0.15, -0.1) is 0 Å². The molecule has 16 heavy (non-hydrogen) atoms. The number of nitrogens with zero attached hydrogens (tertiary/aromatic N) is 2. The number of hydrogen-bond acceptors (Lipinski definition) is 5. The molecule has 88 valence electrons. The second kappa shape index (κ2) is 4.30. The Morgan fingerprint density at radius 3 is 2.75 bits per heavy atom. The molecule has 2 aliphatic carbocycles. The number of hydrogen-bond donors (Lipinski definition) is 1. The molecule has 2 atom stereocenters. The van der Waals surface area contributed by atoms with Crippen molar-refractivity contribution in [3.8, 4) is 5.19 Å². The van der Waals surface area contributed by atoms with Gasteiger partial charge in [0.2, 0.25) is 0 Å². The van der Waals surface area contributed by atoms with Crippen molar-refractivity contribution in [3.63, 3.8) is 0 Å². The largest absolute Gasteiger partial charge is 0.464 e. The van der Waals surface area contributed by atoms with Crippen molar-refractivity contribution in [1.82, 2.24) is 9.36 Å². The average molecular weight is 239 g/mol. The molecule has 2 aliphatic rings. The van der Waals surface area contributed by atoms with Crippen LogP contribution in [-0.2, 0) is 0 Å². The number of ether oxygens (including phenoxy) is 1. The Labute approximate surface area is 99.4 Å². The van der Waals surface area contributed by atoms with Crippen molar-refractivity contribution in [2.24, 2.45) is 5.73 Å². The first kappa shape index (κ1) is 10.5. The van der Waals surface area contributed by atoms with E-state index in [1.54, 1.807) is 0 Å². The van der Waals surface area contributed by atoms with E-state index in [1.807, 2.05) is 0 Å². The Bertz CT molecular complexity index is 364. The molecule has 5 heteroatoms. The maximum Gasteiger partial charge on any atom is 0.293 e. The smallest absolute Gasteiger partial charge is 0.293 e. The molecule has 0 amide bonds. The average Bonchev–Trinajstić information content (AvgIpc) is 3.03. The maximum atomic E-state index is 6.04. The van der Waals surface area contributed by atoms with Gasteiger partial charge < -0.3 is 10.5 Å². The van der Waals surface area contributed by atoms with Gasteiger partial charge in [0, 0.05) is 23.5 Å². The Hall–Kier alpha value is -0.680. The second-order valence-electron chi connectivity index (χ2n) is 4.80. The van der Waals surface area contributed by atoms with Gasteiger partial charge >= 0.3 is 0 Å². The molecular weight excluding hydrogens is 222 g/mol. The highest BCUT2D eigenvalue weighted by Gasteiger charge is 2.29. The van der Waals surface area contributed by atoms with Crippen LogP contribution in [0.3, 0.4) is 0 Å². The molecule has 1 aromatic heterocycles. The summed E-state index contributed by atoms with van der Waals surface area (Å²) in [5, 5.41) is 0.712. The summed E-state index contributed by atoms with van der Waals surface area (Å²) in [6.45, 7) is 0. The highest BCUT2D eigenvalue weighted by Crippen LogP contribution is 2.39. The fourth-order valence-electron chi connectivity index (χ4n) is 2.18. The number of nitrogens with two attached hydrogens (primary N) is 1. The molecule has 2 saturated carbocycles. The Balaban J connectivity index is 1.63. The van der Waals surface area contributed by atoms with Crippen molar-refractivity contribution in [1.29, 1.82) is 0 Å². The van der Waals surface area contributed by atoms with Gasteiger partial charge in [-0.25, -0.2) is 0 Å². The van der Waals surface area contributed by atoms with Gasteiger partial charge in [0.15, 0.2) is 0 Å². The lowest BCUT2D eigenvalue weighted by molar-refractivity contribution is 0.131. The van der Waals surface area contributed by atoms with Crippen molar-refractivity contribution in [2.75, 3.05) is 0 Å². The third-order valence-electron chi connectivity index (χ3n) is 3.37. The zero-order valence-corrected chi connectivity index (χ0v) is 10.1. The summed E-state index contributed by atoms with van der Waals surface area (Å²) < 4.78 is 10.2. The highest BCUT2D eigenvalue weighted by molar-refractivity contribution is 7.07. The Kier molecular flexibility index (Phi) is 2.81. The summed E-state index contributed by atoms with van der Waals surface area (Å²) in [5.74, 6) is 1.58. The fraction of sp³-hybridized carbons (Fsp3) is 0.818. The van der Waals surface area contributed by atoms with Crippen molar-refractivity contribution in [3.05, 3.63) is 5.82 Å². The van der Waals surface area contributed by atoms with Crippen LogP contribution in [0.5, 0.6) is 5.19 Å². The summed E-state index contributed by atoms with van der Waals surface area (Å²) in [6, 6.07) is 0.169. The molecule has 2 unspecified atom stereocenters. The van der Waals surface area contributed by atoms with Gasteiger partial charge in [-0.05, 0) is 32.1 Å². The third-order valence-corrected chi connectivity index (χ3v) is 3.99. The van der Waals surface area contributed by atoms with Crippen LogP contribution in [0.15, 0.2) is 0 Å². The van der Waals surface area contributed by atoms with Crippen LogP contribution in [0.4, 0.5) is 0 Å². The monoisotopic (exact) mass is 239 g/mol. The van der Waals surface area contributed by atoms with Gasteiger partial charge in [0.25, 0.3) is 5.19 Å². The summed E-state index contributed by atoms with van der Waals surface area (Å²) in [6.07, 6.45) is 7.18. The van der Waals surface area contributed by atoms with E-state index in [1.165, 1.54) is 37.2 Å². The molecule has 0 spiro atoms. The lowest BCUT2D eigenvalue weighted by Gasteiger charge is -2.27. The molecule has 2 fully saturated rings. The van der Waals surface area contributed by atoms with Crippen LogP contribution in [0.1, 0.15) is 50.3 Å². The number of rotatable bonds is 3. The van der Waals surface area contributed by atoms with E-state index in [0.29, 0.717) is 11.1 Å². The fourth-order valence-corrected chi connectivity index (χ4v) is 2.84. The molecule has 0 bridgehead atoms. The summed E-state index contributed by atoms with van der Waals surface area (Å²) >= 11 is 1.37. The van der Waals surface area contributed by atoms with Crippen molar-refractivity contribution in [2.45, 2.75) is 56.6 Å². The van der Waals surface area contributed by atoms with E-state index in [9.17, 15) is 0 Å². The first-order valence-corrected chi connectivity index (χ1v) is 6.86. The molecule has 0 saturated heterocycles. The standard InChI is InChI=1S/C11H17N3OS/c12-8-3-1-2-4-9(8)15-11-13-10(14-16-11)7-5-6-7/h7-9H,1-6,12H2. The van der Waals surface area contributed by atoms with E-state index < -0.39 is 0 Å². The van der Waals surface area contributed by atoms with Gasteiger partial charge in [0.1, 0.15) is 11.9 Å². The molecule has 3 rings (SSSR count). The number of aromatic nitrogens is 2. The minimum absolute atomic E-state index is 0.147. The molecule has 1 aromatic rings. The predicted octanol–water partition coefficient (Wildman–Crippen LogP) is 2.06. The van der Waals surface area contributed by atoms with Gasteiger partial charge in [-0.2, -0.15) is 9.36 Å². The van der Waals surface area contributed by atoms with Crippen LogP contribution in [0, 0.1) is 0 Å². The highest BCUT2D eigenvalue weighted by atomic mass is 32.1. The summed E-state index contributed by atoms with van der Waals surface area (Å²) in [7, 11) is 0. The first-order chi connectivity index (χ1) is 7.83. The van der Waals surface area contributed by atoms with Gasteiger partial charge in [-0.1, -0.05) is 6.42 Å². The van der Waals surface area contributed by atoms with Crippen LogP contribution >= 0.6 is 11.5 Å². The molecule has 1 heterocycles. The SMILES string of the molecule is NC1CCCCC1Oc1nc(C2CC2)ns1. The van der Waals surface area contributed by atoms with Crippen LogP contribution in [0.2, 0.25) is 0 Å². The topological polar surface area (TPSA) is 61.0 Å². The molecule has 0 aromatic carbocycles. The predicted molar refractivity (Wildman–Crippen MR) is 62.7 cm³/mol. The van der Waals surface area contributed by atoms with E-state index in [2.05, 4.69) is 9.36 Å². The molecule has 4 nitrogen and oxygen atoms in total. The van der Waals surface area contributed by atoms with Crippen LogP contribution in [0.25, 0.3) is 0 Å². The molecule has 0 aliphatic heterocycles. The Morgan fingerprint density at radius 2 is 2.00 bits per heavy atom. The van der Waals surface area contributed by atoms with Crippen LogP contribution < -0.4 is 10.5 Å². The van der Waals surface area contributed by atoms with E-state index in [4.69, 9.17) is 10.5 Å². The quantitative estimate of drug-likeness (QED) is 0.877. The van der Waals surface area contributed by atoms with Gasteiger partial charge in [-0.3, -0.25) is 0 Å². The van der Waals surface area contributed by atoms with Gasteiger partial charge in [0.05, 0.1) is 0 Å². The molecule has 0 radical (unpaired) electrons. The third kappa shape index (κ3) is 2.20. The minimum Gasteiger partial charge on any atom is -0.464 e. The van der Waals surface area contributed by atoms with Crippen molar-refractivity contribution < 1.29 is 4.74 Å². The minimum atomic E-state index is 0.147. The normalized spacial score (nSPS) is 30.3. The Morgan fingerprint density at radius 1 is 1.19 bits per heavy atom. The maximum absolute atomic E-state index is 6.04. The van der Waals surface area contributed by atoms with E-state index in [-0.39, 0.29) is 12.1 Å². The summed E-state index contributed by atoms with van der Waals surface area (Å²) in [4.78, 5) is 4.43. The lowest BCUT2D eigenvalue weighted by Crippen LogP contribution is -2.41. The van der Waals surface area contributed by atoms with E-state index >= 15 is 0 Å². The zero-order valence-electron chi connectivity index (χ0n) is 9.26. The molecular formula is C11H17N3OS.